The quantitative estimate of drug-likeness (QED) is 0.819. The summed E-state index contributed by atoms with van der Waals surface area (Å²) in [7, 11) is 4.03. The third-order valence-electron chi connectivity index (χ3n) is 3.93. The summed E-state index contributed by atoms with van der Waals surface area (Å²) in [6.45, 7) is 3.26. The average molecular weight is 327 g/mol. The van der Waals surface area contributed by atoms with Gasteiger partial charge in [0.15, 0.2) is 6.10 Å². The molecule has 3 rings (SSSR count). The maximum atomic E-state index is 13.3. The fourth-order valence-corrected chi connectivity index (χ4v) is 2.96. The van der Waals surface area contributed by atoms with Crippen LogP contribution in [-0.2, 0) is 4.74 Å². The number of hydrogen-bond acceptors (Lipinski definition) is 3. The van der Waals surface area contributed by atoms with E-state index in [1.807, 2.05) is 45.3 Å². The molecule has 24 heavy (non-hydrogen) atoms. The van der Waals surface area contributed by atoms with Gasteiger partial charge in [0.25, 0.3) is 0 Å². The predicted molar refractivity (Wildman–Crippen MR) is 93.3 cm³/mol. The molecule has 1 heterocycles. The lowest BCUT2D eigenvalue weighted by Gasteiger charge is -2.32. The number of fused-ring (bicyclic) bond motifs is 1. The second-order valence-corrected chi connectivity index (χ2v) is 6.07. The highest BCUT2D eigenvalue weighted by Crippen LogP contribution is 2.42. The minimum absolute atomic E-state index is 0.252. The number of ether oxygens (including phenoxy) is 2. The maximum Gasteiger partial charge on any atom is 0.150 e. The summed E-state index contributed by atoms with van der Waals surface area (Å²) in [5, 5.41) is 0. The second kappa shape index (κ2) is 7.05. The molecule has 4 heteroatoms. The number of hydrogen-bond donors (Lipinski definition) is 0. The van der Waals surface area contributed by atoms with Crippen LogP contribution in [0.15, 0.2) is 54.1 Å². The van der Waals surface area contributed by atoms with Gasteiger partial charge in [-0.05, 0) is 50.8 Å². The first-order valence-corrected chi connectivity index (χ1v) is 8.12. The van der Waals surface area contributed by atoms with Gasteiger partial charge in [-0.15, -0.1) is 0 Å². The van der Waals surface area contributed by atoms with Crippen LogP contribution in [0.2, 0.25) is 0 Å². The Morgan fingerprint density at radius 3 is 2.46 bits per heavy atom. The number of para-hydroxylation sites is 1. The molecule has 1 aliphatic rings. The van der Waals surface area contributed by atoms with E-state index in [-0.39, 0.29) is 11.9 Å². The lowest BCUT2D eigenvalue weighted by Crippen LogP contribution is -2.26. The lowest BCUT2D eigenvalue weighted by molar-refractivity contribution is 0.203. The highest BCUT2D eigenvalue weighted by atomic mass is 19.1. The molecule has 0 aromatic heterocycles. The van der Waals surface area contributed by atoms with Gasteiger partial charge >= 0.3 is 0 Å². The molecule has 0 N–H and O–H groups in total. The summed E-state index contributed by atoms with van der Waals surface area (Å²) >= 11 is 0. The predicted octanol–water partition coefficient (Wildman–Crippen LogP) is 4.27. The van der Waals surface area contributed by atoms with Crippen molar-refractivity contribution in [3.63, 3.8) is 0 Å². The van der Waals surface area contributed by atoms with Crippen LogP contribution in [0.1, 0.15) is 24.2 Å². The van der Waals surface area contributed by atoms with E-state index in [0.29, 0.717) is 13.2 Å². The molecule has 3 nitrogen and oxygen atoms in total. The lowest BCUT2D eigenvalue weighted by atomic mass is 9.94. The zero-order chi connectivity index (χ0) is 17.1. The Labute approximate surface area is 142 Å². The number of nitrogens with zero attached hydrogens (tertiary/aromatic N) is 1. The molecular weight excluding hydrogens is 305 g/mol. The molecule has 1 aliphatic heterocycles. The number of benzene rings is 2. The van der Waals surface area contributed by atoms with Gasteiger partial charge in [0.2, 0.25) is 0 Å². The standard InChI is InChI=1S/C20H22FNO2/c1-4-23-20-16-7-5-6-8-18(16)24-19(17(20)13-22(2)3)14-9-11-15(21)12-10-14/h5-12,19H,4,13H2,1-3H3. The van der Waals surface area contributed by atoms with E-state index in [2.05, 4.69) is 4.90 Å². The smallest absolute Gasteiger partial charge is 0.150 e. The minimum atomic E-state index is -0.288. The van der Waals surface area contributed by atoms with Gasteiger partial charge in [0.1, 0.15) is 17.3 Å². The molecule has 0 bridgehead atoms. The number of likely N-dealkylation sites (N-methyl/N-ethyl adjacent to an activating group) is 1. The van der Waals surface area contributed by atoms with Gasteiger partial charge < -0.3 is 14.4 Å². The third-order valence-corrected chi connectivity index (χ3v) is 3.93. The van der Waals surface area contributed by atoms with Gasteiger partial charge in [0.05, 0.1) is 12.2 Å². The highest BCUT2D eigenvalue weighted by molar-refractivity contribution is 5.72. The van der Waals surface area contributed by atoms with Crippen LogP contribution in [0.3, 0.4) is 0 Å². The van der Waals surface area contributed by atoms with Crippen molar-refractivity contribution in [2.75, 3.05) is 27.2 Å². The molecule has 1 unspecified atom stereocenters. The van der Waals surface area contributed by atoms with E-state index in [1.54, 1.807) is 12.1 Å². The van der Waals surface area contributed by atoms with Crippen LogP contribution in [0.25, 0.3) is 5.76 Å². The Hall–Kier alpha value is -2.33. The molecule has 0 spiro atoms. The molecule has 126 valence electrons. The van der Waals surface area contributed by atoms with Crippen molar-refractivity contribution in [3.8, 4) is 5.75 Å². The monoisotopic (exact) mass is 327 g/mol. The molecule has 0 saturated carbocycles. The summed E-state index contributed by atoms with van der Waals surface area (Å²) in [6.07, 6.45) is -0.288. The molecule has 2 aromatic rings. The van der Waals surface area contributed by atoms with E-state index < -0.39 is 0 Å². The molecule has 0 radical (unpaired) electrons. The Kier molecular flexibility index (Phi) is 4.86. The van der Waals surface area contributed by atoms with E-state index in [0.717, 1.165) is 28.2 Å². The first kappa shape index (κ1) is 16.5. The summed E-state index contributed by atoms with van der Waals surface area (Å²) < 4.78 is 25.6. The summed E-state index contributed by atoms with van der Waals surface area (Å²) in [5.74, 6) is 1.40. The Morgan fingerprint density at radius 2 is 1.79 bits per heavy atom. The van der Waals surface area contributed by atoms with Crippen molar-refractivity contribution in [2.45, 2.75) is 13.0 Å². The minimum Gasteiger partial charge on any atom is -0.493 e. The van der Waals surface area contributed by atoms with Crippen molar-refractivity contribution in [2.24, 2.45) is 0 Å². The first-order chi connectivity index (χ1) is 11.6. The first-order valence-electron chi connectivity index (χ1n) is 8.12. The second-order valence-electron chi connectivity index (χ2n) is 6.07. The van der Waals surface area contributed by atoms with Crippen molar-refractivity contribution in [1.29, 1.82) is 0 Å². The van der Waals surface area contributed by atoms with Crippen LogP contribution in [0, 0.1) is 5.82 Å². The Bertz CT molecular complexity index is 738. The highest BCUT2D eigenvalue weighted by Gasteiger charge is 2.31. The van der Waals surface area contributed by atoms with Gasteiger partial charge in [-0.25, -0.2) is 4.39 Å². The van der Waals surface area contributed by atoms with Crippen LogP contribution >= 0.6 is 0 Å². The third kappa shape index (κ3) is 3.29. The fourth-order valence-electron chi connectivity index (χ4n) is 2.96. The summed E-state index contributed by atoms with van der Waals surface area (Å²) in [5.41, 5.74) is 2.93. The van der Waals surface area contributed by atoms with Crippen molar-refractivity contribution < 1.29 is 13.9 Å². The van der Waals surface area contributed by atoms with Gasteiger partial charge in [-0.2, -0.15) is 0 Å². The largest absolute Gasteiger partial charge is 0.493 e. The molecule has 0 amide bonds. The molecule has 1 atom stereocenters. The number of rotatable bonds is 5. The molecule has 0 fully saturated rings. The molecular formula is C20H22FNO2. The average Bonchev–Trinajstić information content (AvgIpc) is 2.57. The van der Waals surface area contributed by atoms with E-state index in [9.17, 15) is 4.39 Å². The van der Waals surface area contributed by atoms with Crippen molar-refractivity contribution in [1.82, 2.24) is 4.90 Å². The summed E-state index contributed by atoms with van der Waals surface area (Å²) in [6, 6.07) is 14.3. The van der Waals surface area contributed by atoms with Gasteiger partial charge in [-0.3, -0.25) is 0 Å². The Balaban J connectivity index is 2.13. The Morgan fingerprint density at radius 1 is 1.08 bits per heavy atom. The van der Waals surface area contributed by atoms with Crippen LogP contribution in [-0.4, -0.2) is 32.1 Å². The van der Waals surface area contributed by atoms with Crippen LogP contribution in [0.5, 0.6) is 5.75 Å². The molecule has 0 aliphatic carbocycles. The summed E-state index contributed by atoms with van der Waals surface area (Å²) in [4.78, 5) is 2.09. The van der Waals surface area contributed by atoms with Gasteiger partial charge in [-0.1, -0.05) is 24.3 Å². The maximum absolute atomic E-state index is 13.3. The zero-order valence-corrected chi connectivity index (χ0v) is 14.3. The zero-order valence-electron chi connectivity index (χ0n) is 14.3. The van der Waals surface area contributed by atoms with Gasteiger partial charge in [0, 0.05) is 12.1 Å². The van der Waals surface area contributed by atoms with E-state index >= 15 is 0 Å². The SMILES string of the molecule is CCOC1=C(CN(C)C)C(c2ccc(F)cc2)Oc2ccccc21. The van der Waals surface area contributed by atoms with E-state index in [4.69, 9.17) is 9.47 Å². The fraction of sp³-hybridized carbons (Fsp3) is 0.300. The van der Waals surface area contributed by atoms with Crippen LogP contribution in [0.4, 0.5) is 4.39 Å². The normalized spacial score (nSPS) is 16.8. The van der Waals surface area contributed by atoms with Crippen molar-refractivity contribution >= 4 is 5.76 Å². The molecule has 0 saturated heterocycles. The van der Waals surface area contributed by atoms with E-state index in [1.165, 1.54) is 12.1 Å². The topological polar surface area (TPSA) is 21.7 Å². The number of halogens is 1. The molecule has 2 aromatic carbocycles. The van der Waals surface area contributed by atoms with Crippen LogP contribution < -0.4 is 4.74 Å². The van der Waals surface area contributed by atoms with Crippen molar-refractivity contribution in [3.05, 3.63) is 71.0 Å².